The van der Waals surface area contributed by atoms with Crippen molar-refractivity contribution in [1.29, 1.82) is 0 Å². The van der Waals surface area contributed by atoms with Crippen LogP contribution in [0.15, 0.2) is 79.0 Å². The highest BCUT2D eigenvalue weighted by Crippen LogP contribution is 2.21. The number of nitrogens with two attached hydrogens (primary N) is 1. The number of hydrogen-bond acceptors (Lipinski definition) is 5. The van der Waals surface area contributed by atoms with Gasteiger partial charge in [-0.25, -0.2) is 9.97 Å². The van der Waals surface area contributed by atoms with Crippen molar-refractivity contribution in [3.05, 3.63) is 90.1 Å². The van der Waals surface area contributed by atoms with E-state index < -0.39 is 0 Å². The van der Waals surface area contributed by atoms with Crippen molar-refractivity contribution in [2.45, 2.75) is 13.0 Å². The molecule has 3 aromatic carbocycles. The minimum absolute atomic E-state index is 0.528. The van der Waals surface area contributed by atoms with E-state index >= 15 is 0 Å². The molecule has 3 N–H and O–H groups in total. The van der Waals surface area contributed by atoms with Crippen LogP contribution in [0.5, 0.6) is 5.75 Å². The summed E-state index contributed by atoms with van der Waals surface area (Å²) in [5.74, 6) is 1.40. The van der Waals surface area contributed by atoms with Crippen molar-refractivity contribution in [2.75, 3.05) is 17.6 Å². The molecule has 0 fully saturated rings. The number of ether oxygens (including phenoxy) is 1. The first-order chi connectivity index (χ1) is 13.8. The van der Waals surface area contributed by atoms with Crippen LogP contribution in [-0.4, -0.2) is 16.5 Å². The third kappa shape index (κ3) is 4.38. The fourth-order valence-electron chi connectivity index (χ4n) is 3.00. The quantitative estimate of drug-likeness (QED) is 0.470. The van der Waals surface area contributed by atoms with Crippen LogP contribution < -0.4 is 15.8 Å². The lowest BCUT2D eigenvalue weighted by Gasteiger charge is -2.11. The number of anilines is 2. The molecule has 0 saturated carbocycles. The Morgan fingerprint density at radius 2 is 1.75 bits per heavy atom. The first-order valence-corrected chi connectivity index (χ1v) is 9.29. The molecule has 0 unspecified atom stereocenters. The predicted molar refractivity (Wildman–Crippen MR) is 113 cm³/mol. The molecule has 0 spiro atoms. The average molecular weight is 370 g/mol. The summed E-state index contributed by atoms with van der Waals surface area (Å²) < 4.78 is 5.83. The maximum atomic E-state index is 6.21. The highest BCUT2D eigenvalue weighted by molar-refractivity contribution is 5.78. The number of nitrogens with one attached hydrogen (secondary N) is 1. The van der Waals surface area contributed by atoms with Crippen molar-refractivity contribution in [2.24, 2.45) is 0 Å². The largest absolute Gasteiger partial charge is 0.489 e. The van der Waals surface area contributed by atoms with Gasteiger partial charge in [0.05, 0.1) is 5.52 Å². The summed E-state index contributed by atoms with van der Waals surface area (Å²) in [5, 5.41) is 4.30. The molecule has 1 heterocycles. The van der Waals surface area contributed by atoms with E-state index in [1.165, 1.54) is 0 Å². The van der Waals surface area contributed by atoms with Gasteiger partial charge >= 0.3 is 0 Å². The molecule has 0 atom stereocenters. The number of rotatable bonds is 7. The summed E-state index contributed by atoms with van der Waals surface area (Å²) in [6.07, 6.45) is 2.61. The zero-order chi connectivity index (χ0) is 19.2. The van der Waals surface area contributed by atoms with Crippen molar-refractivity contribution in [3.8, 4) is 5.75 Å². The first-order valence-electron chi connectivity index (χ1n) is 9.29. The fourth-order valence-corrected chi connectivity index (χ4v) is 3.00. The Hall–Kier alpha value is -3.60. The summed E-state index contributed by atoms with van der Waals surface area (Å²) in [7, 11) is 0. The SMILES string of the molecule is Nc1cc(OCc2ccccc2)ccc1CCNc1ncc2ccccc2n1. The van der Waals surface area contributed by atoms with Crippen LogP contribution in [-0.2, 0) is 13.0 Å². The summed E-state index contributed by atoms with van der Waals surface area (Å²) >= 11 is 0. The van der Waals surface area contributed by atoms with Gasteiger partial charge in [-0.1, -0.05) is 54.6 Å². The second-order valence-corrected chi connectivity index (χ2v) is 6.56. The third-order valence-electron chi connectivity index (χ3n) is 4.53. The molecular formula is C23H22N4O. The van der Waals surface area contributed by atoms with Gasteiger partial charge in [-0.3, -0.25) is 0 Å². The second-order valence-electron chi connectivity index (χ2n) is 6.56. The van der Waals surface area contributed by atoms with E-state index in [0.29, 0.717) is 19.1 Å². The number of hydrogen-bond donors (Lipinski definition) is 2. The Morgan fingerprint density at radius 3 is 2.61 bits per heavy atom. The Morgan fingerprint density at radius 1 is 0.929 bits per heavy atom. The number of nitrogen functional groups attached to an aromatic ring is 1. The molecule has 0 amide bonds. The molecule has 140 valence electrons. The smallest absolute Gasteiger partial charge is 0.223 e. The van der Waals surface area contributed by atoms with Gasteiger partial charge in [0, 0.05) is 29.9 Å². The van der Waals surface area contributed by atoms with Gasteiger partial charge in [-0.15, -0.1) is 0 Å². The summed E-state index contributed by atoms with van der Waals surface area (Å²) in [6.45, 7) is 1.23. The average Bonchev–Trinajstić information content (AvgIpc) is 2.74. The molecule has 0 aliphatic rings. The lowest BCUT2D eigenvalue weighted by atomic mass is 10.1. The lowest BCUT2D eigenvalue weighted by molar-refractivity contribution is 0.306. The molecule has 0 bridgehead atoms. The summed E-state index contributed by atoms with van der Waals surface area (Å²) in [6, 6.07) is 23.9. The van der Waals surface area contributed by atoms with E-state index in [9.17, 15) is 0 Å². The predicted octanol–water partition coefficient (Wildman–Crippen LogP) is 4.45. The van der Waals surface area contributed by atoms with Gasteiger partial charge in [-0.05, 0) is 29.7 Å². The molecule has 28 heavy (non-hydrogen) atoms. The van der Waals surface area contributed by atoms with Crippen LogP contribution in [0.4, 0.5) is 11.6 Å². The molecule has 5 nitrogen and oxygen atoms in total. The van der Waals surface area contributed by atoms with Crippen LogP contribution in [0.3, 0.4) is 0 Å². The Labute approximate surface area is 164 Å². The molecule has 0 radical (unpaired) electrons. The van der Waals surface area contributed by atoms with Crippen LogP contribution in [0.1, 0.15) is 11.1 Å². The van der Waals surface area contributed by atoms with Crippen LogP contribution in [0.2, 0.25) is 0 Å². The molecule has 0 saturated heterocycles. The van der Waals surface area contributed by atoms with Gasteiger partial charge in [0.25, 0.3) is 0 Å². The number of nitrogens with zero attached hydrogens (tertiary/aromatic N) is 2. The van der Waals surface area contributed by atoms with Gasteiger partial charge in [0.15, 0.2) is 0 Å². The molecular weight excluding hydrogens is 348 g/mol. The van der Waals surface area contributed by atoms with Crippen molar-refractivity contribution >= 4 is 22.5 Å². The molecule has 4 aromatic rings. The molecule has 0 aliphatic heterocycles. The second kappa shape index (κ2) is 8.39. The summed E-state index contributed by atoms with van der Waals surface area (Å²) in [5.41, 5.74) is 10.1. The Kier molecular flexibility index (Phi) is 5.33. The topological polar surface area (TPSA) is 73.1 Å². The third-order valence-corrected chi connectivity index (χ3v) is 4.53. The minimum Gasteiger partial charge on any atom is -0.489 e. The van der Waals surface area contributed by atoms with E-state index in [1.54, 1.807) is 0 Å². The van der Waals surface area contributed by atoms with Gasteiger partial charge in [-0.2, -0.15) is 0 Å². The van der Waals surface area contributed by atoms with E-state index in [1.807, 2.05) is 79.0 Å². The monoisotopic (exact) mass is 370 g/mol. The Balaban J connectivity index is 1.33. The van der Waals surface area contributed by atoms with Crippen LogP contribution in [0.25, 0.3) is 10.9 Å². The molecule has 0 aliphatic carbocycles. The van der Waals surface area contributed by atoms with Gasteiger partial charge < -0.3 is 15.8 Å². The number of aromatic nitrogens is 2. The molecule has 5 heteroatoms. The zero-order valence-electron chi connectivity index (χ0n) is 15.5. The zero-order valence-corrected chi connectivity index (χ0v) is 15.5. The number of fused-ring (bicyclic) bond motifs is 1. The number of benzene rings is 3. The highest BCUT2D eigenvalue weighted by Gasteiger charge is 2.04. The van der Waals surface area contributed by atoms with Crippen LogP contribution >= 0.6 is 0 Å². The first kappa shape index (κ1) is 17.8. The maximum Gasteiger partial charge on any atom is 0.223 e. The van der Waals surface area contributed by atoms with E-state index in [-0.39, 0.29) is 0 Å². The standard InChI is InChI=1S/C23H22N4O/c24-21-14-20(28-16-17-6-2-1-3-7-17)11-10-18(21)12-13-25-23-26-15-19-8-4-5-9-22(19)27-23/h1-11,14-15H,12-13,16,24H2,(H,25,26,27). The Bertz CT molecular complexity index is 1070. The van der Waals surface area contributed by atoms with Gasteiger partial charge in [0.2, 0.25) is 5.95 Å². The minimum atomic E-state index is 0.528. The van der Waals surface area contributed by atoms with E-state index in [0.717, 1.165) is 39.9 Å². The fraction of sp³-hybridized carbons (Fsp3) is 0.130. The number of para-hydroxylation sites is 1. The van der Waals surface area contributed by atoms with E-state index in [2.05, 4.69) is 15.3 Å². The summed E-state index contributed by atoms with van der Waals surface area (Å²) in [4.78, 5) is 8.88. The lowest BCUT2D eigenvalue weighted by Crippen LogP contribution is -2.09. The molecule has 4 rings (SSSR count). The van der Waals surface area contributed by atoms with Crippen molar-refractivity contribution in [1.82, 2.24) is 9.97 Å². The van der Waals surface area contributed by atoms with Gasteiger partial charge in [0.1, 0.15) is 12.4 Å². The molecule has 1 aromatic heterocycles. The van der Waals surface area contributed by atoms with Crippen molar-refractivity contribution in [3.63, 3.8) is 0 Å². The highest BCUT2D eigenvalue weighted by atomic mass is 16.5. The maximum absolute atomic E-state index is 6.21. The van der Waals surface area contributed by atoms with Crippen LogP contribution in [0, 0.1) is 0 Å². The van der Waals surface area contributed by atoms with E-state index in [4.69, 9.17) is 10.5 Å². The normalized spacial score (nSPS) is 10.7. The van der Waals surface area contributed by atoms with Crippen molar-refractivity contribution < 1.29 is 4.74 Å².